The molecule has 0 radical (unpaired) electrons. The summed E-state index contributed by atoms with van der Waals surface area (Å²) in [6, 6.07) is 0.507. The molecule has 0 spiro atoms. The molecule has 1 aromatic rings. The van der Waals surface area contributed by atoms with Gasteiger partial charge in [-0.1, -0.05) is 19.3 Å². The average Bonchev–Trinajstić information content (AvgIpc) is 3.03. The van der Waals surface area contributed by atoms with Crippen LogP contribution in [0.15, 0.2) is 12.7 Å². The molecular weight excluding hydrogens is 240 g/mol. The summed E-state index contributed by atoms with van der Waals surface area (Å²) < 4.78 is 1.91. The quantitative estimate of drug-likeness (QED) is 0.894. The van der Waals surface area contributed by atoms with Crippen LogP contribution in [-0.2, 0) is 6.54 Å². The van der Waals surface area contributed by atoms with Gasteiger partial charge in [-0.3, -0.25) is 9.58 Å². The molecule has 2 fully saturated rings. The zero-order chi connectivity index (χ0) is 13.1. The van der Waals surface area contributed by atoms with E-state index in [0.29, 0.717) is 6.04 Å². The molecule has 5 nitrogen and oxygen atoms in total. The molecule has 1 aliphatic carbocycles. The van der Waals surface area contributed by atoms with Gasteiger partial charge in [-0.2, -0.15) is 5.10 Å². The second-order valence-corrected chi connectivity index (χ2v) is 6.17. The van der Waals surface area contributed by atoms with Gasteiger partial charge in [-0.25, -0.2) is 4.98 Å². The minimum Gasteiger partial charge on any atom is -0.389 e. The summed E-state index contributed by atoms with van der Waals surface area (Å²) in [6.07, 6.45) is 11.4. The van der Waals surface area contributed by atoms with E-state index < -0.39 is 5.60 Å². The monoisotopic (exact) mass is 264 g/mol. The van der Waals surface area contributed by atoms with Crippen LogP contribution in [0.5, 0.6) is 0 Å². The van der Waals surface area contributed by atoms with Crippen molar-refractivity contribution in [1.82, 2.24) is 19.7 Å². The molecule has 5 heteroatoms. The van der Waals surface area contributed by atoms with E-state index in [1.807, 2.05) is 4.68 Å². The fourth-order valence-corrected chi connectivity index (χ4v) is 3.60. The van der Waals surface area contributed by atoms with E-state index in [9.17, 15) is 5.11 Å². The average molecular weight is 264 g/mol. The first-order chi connectivity index (χ1) is 9.25. The molecule has 0 amide bonds. The van der Waals surface area contributed by atoms with Crippen LogP contribution < -0.4 is 0 Å². The number of aliphatic hydroxyl groups is 1. The Morgan fingerprint density at radius 2 is 2.05 bits per heavy atom. The Balaban J connectivity index is 1.59. The van der Waals surface area contributed by atoms with Crippen molar-refractivity contribution in [2.75, 3.05) is 13.1 Å². The lowest BCUT2D eigenvalue weighted by molar-refractivity contribution is -0.0304. The number of nitrogens with zero attached hydrogens (tertiary/aromatic N) is 4. The van der Waals surface area contributed by atoms with Gasteiger partial charge in [0, 0.05) is 12.6 Å². The van der Waals surface area contributed by atoms with Crippen molar-refractivity contribution in [2.45, 2.75) is 63.1 Å². The third kappa shape index (κ3) is 3.15. The second-order valence-electron chi connectivity index (χ2n) is 6.17. The lowest BCUT2D eigenvalue weighted by Gasteiger charge is -2.37. The van der Waals surface area contributed by atoms with Crippen molar-refractivity contribution in [3.63, 3.8) is 0 Å². The highest BCUT2D eigenvalue weighted by Crippen LogP contribution is 2.31. The molecule has 1 saturated carbocycles. The molecule has 3 rings (SSSR count). The summed E-state index contributed by atoms with van der Waals surface area (Å²) in [5, 5.41) is 14.9. The van der Waals surface area contributed by atoms with E-state index in [1.54, 1.807) is 12.7 Å². The number of likely N-dealkylation sites (tertiary alicyclic amines) is 1. The Hall–Kier alpha value is -0.940. The van der Waals surface area contributed by atoms with Crippen molar-refractivity contribution < 1.29 is 5.11 Å². The molecule has 106 valence electrons. The molecule has 1 aromatic heterocycles. The second kappa shape index (κ2) is 5.59. The molecule has 1 aliphatic heterocycles. The summed E-state index contributed by atoms with van der Waals surface area (Å²) in [5.74, 6) is 0. The van der Waals surface area contributed by atoms with Gasteiger partial charge in [0.25, 0.3) is 0 Å². The van der Waals surface area contributed by atoms with Gasteiger partial charge in [0.15, 0.2) is 0 Å². The van der Waals surface area contributed by atoms with Crippen molar-refractivity contribution in [2.24, 2.45) is 0 Å². The smallest absolute Gasteiger partial charge is 0.137 e. The van der Waals surface area contributed by atoms with Gasteiger partial charge >= 0.3 is 0 Å². The van der Waals surface area contributed by atoms with Gasteiger partial charge in [-0.05, 0) is 32.2 Å². The molecular formula is C14H24N4O. The number of hydrogen-bond acceptors (Lipinski definition) is 4. The molecule has 1 saturated heterocycles. The Bertz CT molecular complexity index is 386. The maximum atomic E-state index is 10.7. The number of rotatable bonds is 4. The minimum atomic E-state index is -0.441. The van der Waals surface area contributed by atoms with Crippen LogP contribution in [0.25, 0.3) is 0 Å². The maximum absolute atomic E-state index is 10.7. The molecule has 1 unspecified atom stereocenters. The highest BCUT2D eigenvalue weighted by Gasteiger charge is 2.35. The van der Waals surface area contributed by atoms with Crippen LogP contribution in [0.2, 0.25) is 0 Å². The zero-order valence-corrected chi connectivity index (χ0v) is 11.5. The maximum Gasteiger partial charge on any atom is 0.137 e. The van der Waals surface area contributed by atoms with E-state index in [-0.39, 0.29) is 0 Å². The van der Waals surface area contributed by atoms with Crippen LogP contribution in [0, 0.1) is 0 Å². The van der Waals surface area contributed by atoms with Crippen molar-refractivity contribution in [3.05, 3.63) is 12.7 Å². The van der Waals surface area contributed by atoms with Crippen LogP contribution in [-0.4, -0.2) is 49.5 Å². The zero-order valence-electron chi connectivity index (χ0n) is 11.5. The molecule has 2 aliphatic rings. The summed E-state index contributed by atoms with van der Waals surface area (Å²) in [6.45, 7) is 2.85. The molecule has 1 N–H and O–H groups in total. The van der Waals surface area contributed by atoms with E-state index in [4.69, 9.17) is 0 Å². The van der Waals surface area contributed by atoms with Gasteiger partial charge in [0.05, 0.1) is 12.1 Å². The van der Waals surface area contributed by atoms with Gasteiger partial charge in [0.2, 0.25) is 0 Å². The lowest BCUT2D eigenvalue weighted by atomic mass is 9.84. The Kier molecular flexibility index (Phi) is 3.84. The van der Waals surface area contributed by atoms with Gasteiger partial charge in [0.1, 0.15) is 12.7 Å². The number of β-amino-alcohol motifs (C(OH)–C–C–N with tert-alkyl or cyclic N) is 1. The summed E-state index contributed by atoms with van der Waals surface area (Å²) >= 11 is 0. The van der Waals surface area contributed by atoms with Gasteiger partial charge < -0.3 is 5.11 Å². The van der Waals surface area contributed by atoms with Crippen molar-refractivity contribution in [3.8, 4) is 0 Å². The fourth-order valence-electron chi connectivity index (χ4n) is 3.60. The van der Waals surface area contributed by atoms with Crippen molar-refractivity contribution >= 4 is 0 Å². The number of hydrogen-bond donors (Lipinski definition) is 1. The molecule has 1 atom stereocenters. The Labute approximate surface area is 114 Å². The van der Waals surface area contributed by atoms with Crippen LogP contribution in [0.1, 0.15) is 44.9 Å². The lowest BCUT2D eigenvalue weighted by Crippen LogP contribution is -2.47. The van der Waals surface area contributed by atoms with E-state index in [0.717, 1.165) is 32.5 Å². The largest absolute Gasteiger partial charge is 0.389 e. The first-order valence-electron chi connectivity index (χ1n) is 7.54. The Morgan fingerprint density at radius 3 is 2.79 bits per heavy atom. The summed E-state index contributed by atoms with van der Waals surface area (Å²) in [5.41, 5.74) is -0.441. The molecule has 19 heavy (non-hydrogen) atoms. The standard InChI is InChI=1S/C14H24N4O/c19-14(6-2-1-3-7-14)10-17-8-4-5-13(17)9-18-12-15-11-16-18/h11-13,19H,1-10H2. The minimum absolute atomic E-state index is 0.441. The molecule has 0 aromatic carbocycles. The first-order valence-corrected chi connectivity index (χ1v) is 7.54. The van der Waals surface area contributed by atoms with Crippen LogP contribution >= 0.6 is 0 Å². The first kappa shape index (κ1) is 13.1. The topological polar surface area (TPSA) is 54.2 Å². The number of aromatic nitrogens is 3. The summed E-state index contributed by atoms with van der Waals surface area (Å²) in [7, 11) is 0. The third-order valence-corrected chi connectivity index (χ3v) is 4.65. The highest BCUT2D eigenvalue weighted by atomic mass is 16.3. The van der Waals surface area contributed by atoms with Crippen LogP contribution in [0.3, 0.4) is 0 Å². The van der Waals surface area contributed by atoms with Crippen LogP contribution in [0.4, 0.5) is 0 Å². The third-order valence-electron chi connectivity index (χ3n) is 4.65. The van der Waals surface area contributed by atoms with E-state index in [2.05, 4.69) is 15.0 Å². The summed E-state index contributed by atoms with van der Waals surface area (Å²) in [4.78, 5) is 6.47. The SMILES string of the molecule is OC1(CN2CCCC2Cn2cncn2)CCCCC1. The Morgan fingerprint density at radius 1 is 1.21 bits per heavy atom. The molecule has 2 heterocycles. The van der Waals surface area contributed by atoms with E-state index in [1.165, 1.54) is 32.1 Å². The van der Waals surface area contributed by atoms with E-state index >= 15 is 0 Å². The van der Waals surface area contributed by atoms with Gasteiger partial charge in [-0.15, -0.1) is 0 Å². The fraction of sp³-hybridized carbons (Fsp3) is 0.857. The van der Waals surface area contributed by atoms with Crippen molar-refractivity contribution in [1.29, 1.82) is 0 Å². The normalized spacial score (nSPS) is 27.7. The predicted octanol–water partition coefficient (Wildman–Crippen LogP) is 1.44. The predicted molar refractivity (Wildman–Crippen MR) is 72.7 cm³/mol. The molecule has 0 bridgehead atoms. The highest BCUT2D eigenvalue weighted by molar-refractivity contribution is 4.90.